The van der Waals surface area contributed by atoms with Crippen molar-refractivity contribution < 1.29 is 9.90 Å². The molecule has 0 saturated carbocycles. The van der Waals surface area contributed by atoms with Crippen molar-refractivity contribution in [2.45, 2.75) is 109 Å². The maximum absolute atomic E-state index is 11.1. The Balaban J connectivity index is 0.00000392. The van der Waals surface area contributed by atoms with E-state index in [0.717, 1.165) is 12.1 Å². The lowest BCUT2D eigenvalue weighted by Crippen LogP contribution is -2.14. The minimum absolute atomic E-state index is 0. The van der Waals surface area contributed by atoms with E-state index in [1.54, 1.807) is 12.1 Å². The Labute approximate surface area is 178 Å². The number of carboxylic acid groups (broad SMARTS) is 1. The van der Waals surface area contributed by atoms with Gasteiger partial charge in [-0.2, -0.15) is 0 Å². The largest absolute Gasteiger partial charge is 0.478 e. The average Bonchev–Trinajstić information content (AvgIpc) is 3.07. The highest BCUT2D eigenvalue weighted by atomic mass is 35.5. The van der Waals surface area contributed by atoms with Gasteiger partial charge in [0.25, 0.3) is 0 Å². The van der Waals surface area contributed by atoms with Gasteiger partial charge in [-0.05, 0) is 30.5 Å². The van der Waals surface area contributed by atoms with Crippen LogP contribution in [0.5, 0.6) is 0 Å². The molecule has 0 aromatic heterocycles. The van der Waals surface area contributed by atoms with Crippen molar-refractivity contribution >= 4 is 24.1 Å². The van der Waals surface area contributed by atoms with Gasteiger partial charge < -0.3 is 10.4 Å². The summed E-state index contributed by atoms with van der Waals surface area (Å²) in [5.41, 5.74) is 2.66. The summed E-state index contributed by atoms with van der Waals surface area (Å²) in [4.78, 5) is 11.1. The first-order valence-electron chi connectivity index (χ1n) is 11.3. The predicted octanol–water partition coefficient (Wildman–Crippen LogP) is 7.62. The quantitative estimate of drug-likeness (QED) is 0.293. The monoisotopic (exact) mass is 409 g/mol. The summed E-state index contributed by atoms with van der Waals surface area (Å²) in [7, 11) is 0. The average molecular weight is 410 g/mol. The fourth-order valence-corrected chi connectivity index (χ4v) is 4.14. The highest BCUT2D eigenvalue weighted by molar-refractivity contribution is 5.89. The minimum Gasteiger partial charge on any atom is -0.478 e. The Morgan fingerprint density at radius 2 is 1.46 bits per heavy atom. The number of carboxylic acids is 1. The van der Waals surface area contributed by atoms with Crippen LogP contribution in [0.3, 0.4) is 0 Å². The molecule has 0 bridgehead atoms. The smallest absolute Gasteiger partial charge is 0.335 e. The number of halogens is 1. The molecule has 0 spiro atoms. The number of benzene rings is 1. The molecule has 0 saturated heterocycles. The van der Waals surface area contributed by atoms with E-state index < -0.39 is 5.97 Å². The van der Waals surface area contributed by atoms with Gasteiger partial charge in [-0.1, -0.05) is 96.5 Å². The number of aromatic carboxylic acids is 1. The van der Waals surface area contributed by atoms with Gasteiger partial charge in [0.15, 0.2) is 0 Å². The molecule has 2 N–H and O–H groups in total. The van der Waals surface area contributed by atoms with Crippen LogP contribution in [-0.4, -0.2) is 17.1 Å². The van der Waals surface area contributed by atoms with Crippen LogP contribution >= 0.6 is 12.4 Å². The molecule has 28 heavy (non-hydrogen) atoms. The number of hydrogen-bond acceptors (Lipinski definition) is 2. The zero-order chi connectivity index (χ0) is 19.3. The molecule has 0 radical (unpaired) electrons. The van der Waals surface area contributed by atoms with Crippen molar-refractivity contribution in [1.82, 2.24) is 0 Å². The lowest BCUT2D eigenvalue weighted by Gasteiger charge is -2.11. The van der Waals surface area contributed by atoms with E-state index in [1.165, 1.54) is 95.5 Å². The number of rotatable bonds is 15. The molecular weight excluding hydrogens is 370 g/mol. The zero-order valence-corrected chi connectivity index (χ0v) is 18.5. The second-order valence-electron chi connectivity index (χ2n) is 8.25. The third-order valence-corrected chi connectivity index (χ3v) is 5.84. The lowest BCUT2D eigenvalue weighted by molar-refractivity contribution is 0.0697. The van der Waals surface area contributed by atoms with Gasteiger partial charge >= 0.3 is 5.97 Å². The Hall–Kier alpha value is -1.22. The second kappa shape index (κ2) is 14.7. The molecular formula is C24H40ClNO2. The molecule has 1 aromatic carbocycles. The molecule has 0 aliphatic carbocycles. The maximum atomic E-state index is 11.1. The van der Waals surface area contributed by atoms with Gasteiger partial charge in [-0.3, -0.25) is 0 Å². The van der Waals surface area contributed by atoms with Gasteiger partial charge in [0, 0.05) is 11.7 Å². The molecule has 1 aliphatic heterocycles. The highest BCUT2D eigenvalue weighted by Gasteiger charge is 2.21. The number of hydrogen-bond donors (Lipinski definition) is 2. The molecule has 3 nitrogen and oxygen atoms in total. The van der Waals surface area contributed by atoms with E-state index in [4.69, 9.17) is 5.11 Å². The third-order valence-electron chi connectivity index (χ3n) is 5.84. The first kappa shape index (κ1) is 24.8. The van der Waals surface area contributed by atoms with Gasteiger partial charge in [-0.15, -0.1) is 12.4 Å². The molecule has 1 aliphatic rings. The van der Waals surface area contributed by atoms with Crippen LogP contribution in [0.2, 0.25) is 0 Å². The summed E-state index contributed by atoms with van der Waals surface area (Å²) in [6, 6.07) is 5.95. The van der Waals surface area contributed by atoms with Crippen LogP contribution in [0.25, 0.3) is 0 Å². The third kappa shape index (κ3) is 9.32. The maximum Gasteiger partial charge on any atom is 0.335 e. The van der Waals surface area contributed by atoms with E-state index in [1.807, 2.05) is 6.07 Å². The van der Waals surface area contributed by atoms with Crippen molar-refractivity contribution in [2.75, 3.05) is 5.32 Å². The van der Waals surface area contributed by atoms with E-state index in [2.05, 4.69) is 12.2 Å². The standard InChI is InChI=1S/C24H39NO2.ClH/c1-2-3-4-5-6-7-8-9-10-11-12-13-14-15-22-18-20-16-17-21(24(26)27)19-23(20)25-22;/h16-17,19,22,25H,2-15,18H2,1H3,(H,26,27);1H. The van der Waals surface area contributed by atoms with Gasteiger partial charge in [0.05, 0.1) is 5.56 Å². The summed E-state index contributed by atoms with van der Waals surface area (Å²) >= 11 is 0. The molecule has 4 heteroatoms. The minimum atomic E-state index is -0.848. The molecule has 2 rings (SSSR count). The fourth-order valence-electron chi connectivity index (χ4n) is 4.14. The van der Waals surface area contributed by atoms with E-state index >= 15 is 0 Å². The van der Waals surface area contributed by atoms with Crippen molar-refractivity contribution in [1.29, 1.82) is 0 Å². The van der Waals surface area contributed by atoms with Gasteiger partial charge in [0.1, 0.15) is 0 Å². The van der Waals surface area contributed by atoms with Gasteiger partial charge in [0.2, 0.25) is 0 Å². The zero-order valence-electron chi connectivity index (χ0n) is 17.7. The number of carbonyl (C=O) groups is 1. The first-order valence-corrected chi connectivity index (χ1v) is 11.3. The van der Waals surface area contributed by atoms with Crippen molar-refractivity contribution in [3.63, 3.8) is 0 Å². The molecule has 160 valence electrons. The normalized spacial score (nSPS) is 15.0. The Kier molecular flexibility index (Phi) is 13.1. The fraction of sp³-hybridized carbons (Fsp3) is 0.708. The number of nitrogens with one attached hydrogen (secondary N) is 1. The molecule has 1 aromatic rings. The van der Waals surface area contributed by atoms with E-state index in [0.29, 0.717) is 11.6 Å². The summed E-state index contributed by atoms with van der Waals surface area (Å²) < 4.78 is 0. The van der Waals surface area contributed by atoms with Crippen molar-refractivity contribution in [3.8, 4) is 0 Å². The lowest BCUT2D eigenvalue weighted by atomic mass is 10.0. The van der Waals surface area contributed by atoms with Crippen LogP contribution in [0.1, 0.15) is 113 Å². The molecule has 0 amide bonds. The summed E-state index contributed by atoms with van der Waals surface area (Å²) in [6.07, 6.45) is 20.3. The van der Waals surface area contributed by atoms with E-state index in [-0.39, 0.29) is 12.4 Å². The number of fused-ring (bicyclic) bond motifs is 1. The molecule has 1 atom stereocenters. The van der Waals surface area contributed by atoms with Crippen molar-refractivity contribution in [3.05, 3.63) is 29.3 Å². The number of anilines is 1. The Morgan fingerprint density at radius 3 is 2.00 bits per heavy atom. The van der Waals surface area contributed by atoms with Crippen LogP contribution in [0, 0.1) is 0 Å². The molecule has 1 heterocycles. The van der Waals surface area contributed by atoms with Crippen LogP contribution in [0.4, 0.5) is 5.69 Å². The van der Waals surface area contributed by atoms with Crippen LogP contribution in [0.15, 0.2) is 18.2 Å². The van der Waals surface area contributed by atoms with E-state index in [9.17, 15) is 4.79 Å². The molecule has 0 fully saturated rings. The van der Waals surface area contributed by atoms with Crippen LogP contribution < -0.4 is 5.32 Å². The second-order valence-corrected chi connectivity index (χ2v) is 8.25. The van der Waals surface area contributed by atoms with Crippen molar-refractivity contribution in [2.24, 2.45) is 0 Å². The molecule has 1 unspecified atom stereocenters. The summed E-state index contributed by atoms with van der Waals surface area (Å²) in [5.74, 6) is -0.848. The Morgan fingerprint density at radius 1 is 0.929 bits per heavy atom. The SMILES string of the molecule is CCCCCCCCCCCCCCCC1Cc2ccc(C(=O)O)cc2N1.Cl. The first-order chi connectivity index (χ1) is 13.2. The predicted molar refractivity (Wildman–Crippen MR) is 122 cm³/mol. The topological polar surface area (TPSA) is 49.3 Å². The number of unbranched alkanes of at least 4 members (excludes halogenated alkanes) is 12. The summed E-state index contributed by atoms with van der Waals surface area (Å²) in [6.45, 7) is 2.28. The highest BCUT2D eigenvalue weighted by Crippen LogP contribution is 2.29. The summed E-state index contributed by atoms with van der Waals surface area (Å²) in [5, 5.41) is 12.6. The van der Waals surface area contributed by atoms with Gasteiger partial charge in [-0.25, -0.2) is 4.79 Å². The van der Waals surface area contributed by atoms with Crippen LogP contribution in [-0.2, 0) is 6.42 Å². The Bertz CT molecular complexity index is 562.